The van der Waals surface area contributed by atoms with Crippen LogP contribution in [0, 0.1) is 19.7 Å². The van der Waals surface area contributed by atoms with Crippen LogP contribution in [0.1, 0.15) is 21.7 Å². The van der Waals surface area contributed by atoms with Crippen LogP contribution in [0.3, 0.4) is 0 Å². The third-order valence-electron chi connectivity index (χ3n) is 2.77. The highest BCUT2D eigenvalue weighted by molar-refractivity contribution is 9.10. The minimum Gasteiger partial charge on any atom is -0.465 e. The summed E-state index contributed by atoms with van der Waals surface area (Å²) in [6.07, 6.45) is 0. The lowest BCUT2D eigenvalue weighted by molar-refractivity contribution is 0.0599. The Morgan fingerprint density at radius 1 is 1.42 bits per heavy atom. The Balaban J connectivity index is 2.74. The lowest BCUT2D eigenvalue weighted by Crippen LogP contribution is -2.04. The molecule has 0 atom stereocenters. The van der Waals surface area contributed by atoms with Crippen LogP contribution in [-0.2, 0) is 4.74 Å². The molecule has 0 amide bonds. The molecule has 0 aliphatic heterocycles. The van der Waals surface area contributed by atoms with Gasteiger partial charge in [-0.1, -0.05) is 11.2 Å². The topological polar surface area (TPSA) is 52.3 Å². The molecule has 1 heterocycles. The van der Waals surface area contributed by atoms with Gasteiger partial charge in [0.15, 0.2) is 0 Å². The Kier molecular flexibility index (Phi) is 3.71. The minimum atomic E-state index is -0.610. The number of hydrogen-bond acceptors (Lipinski definition) is 4. The molecule has 6 heteroatoms. The molecule has 0 spiro atoms. The van der Waals surface area contributed by atoms with Gasteiger partial charge in [0.2, 0.25) is 0 Å². The smallest absolute Gasteiger partial charge is 0.343 e. The van der Waals surface area contributed by atoms with Crippen molar-refractivity contribution in [3.63, 3.8) is 0 Å². The Bertz CT molecular complexity index is 652. The van der Waals surface area contributed by atoms with Gasteiger partial charge in [-0.2, -0.15) is 0 Å². The van der Waals surface area contributed by atoms with Gasteiger partial charge in [-0.15, -0.1) is 0 Å². The van der Waals surface area contributed by atoms with E-state index in [1.807, 2.05) is 6.92 Å². The third-order valence-corrected chi connectivity index (χ3v) is 3.80. The molecule has 100 valence electrons. The van der Waals surface area contributed by atoms with Crippen LogP contribution in [0.5, 0.6) is 0 Å². The number of methoxy groups -OCH3 is 1. The predicted octanol–water partition coefficient (Wildman–Crippen LogP) is 3.65. The monoisotopic (exact) mass is 327 g/mol. The molecule has 0 aliphatic carbocycles. The van der Waals surface area contributed by atoms with Crippen molar-refractivity contribution in [3.05, 3.63) is 39.3 Å². The average Bonchev–Trinajstić information content (AvgIpc) is 2.75. The van der Waals surface area contributed by atoms with Crippen molar-refractivity contribution in [1.82, 2.24) is 5.16 Å². The molecule has 1 aromatic heterocycles. The first-order chi connectivity index (χ1) is 8.97. The number of carbonyl (C=O) groups is 1. The third kappa shape index (κ3) is 2.28. The summed E-state index contributed by atoms with van der Waals surface area (Å²) in [6, 6.07) is 2.95. The van der Waals surface area contributed by atoms with Crippen LogP contribution in [0.4, 0.5) is 4.39 Å². The van der Waals surface area contributed by atoms with E-state index in [4.69, 9.17) is 4.52 Å². The van der Waals surface area contributed by atoms with Crippen molar-refractivity contribution in [3.8, 4) is 11.3 Å². The number of esters is 1. The van der Waals surface area contributed by atoms with Crippen molar-refractivity contribution >= 4 is 21.9 Å². The van der Waals surface area contributed by atoms with E-state index in [0.717, 1.165) is 5.56 Å². The van der Waals surface area contributed by atoms with Crippen molar-refractivity contribution in [2.75, 3.05) is 7.11 Å². The predicted molar refractivity (Wildman–Crippen MR) is 70.4 cm³/mol. The number of aryl methyl sites for hydroxylation is 2. The molecule has 4 nitrogen and oxygen atoms in total. The first-order valence-electron chi connectivity index (χ1n) is 5.47. The highest BCUT2D eigenvalue weighted by Crippen LogP contribution is 2.35. The minimum absolute atomic E-state index is 0.132. The molecule has 0 radical (unpaired) electrons. The zero-order valence-electron chi connectivity index (χ0n) is 10.6. The van der Waals surface area contributed by atoms with Gasteiger partial charge in [0.25, 0.3) is 0 Å². The number of rotatable bonds is 2. The highest BCUT2D eigenvalue weighted by Gasteiger charge is 2.26. The lowest BCUT2D eigenvalue weighted by atomic mass is 10.0. The number of carbonyl (C=O) groups excluding carboxylic acids is 1. The summed E-state index contributed by atoms with van der Waals surface area (Å²) < 4.78 is 24.2. The van der Waals surface area contributed by atoms with Crippen LogP contribution in [0.2, 0.25) is 0 Å². The van der Waals surface area contributed by atoms with E-state index in [0.29, 0.717) is 4.47 Å². The van der Waals surface area contributed by atoms with Crippen LogP contribution in [-0.4, -0.2) is 18.2 Å². The highest BCUT2D eigenvalue weighted by atomic mass is 79.9. The maximum absolute atomic E-state index is 14.0. The van der Waals surface area contributed by atoms with E-state index in [-0.39, 0.29) is 22.6 Å². The van der Waals surface area contributed by atoms with E-state index in [1.54, 1.807) is 13.0 Å². The summed E-state index contributed by atoms with van der Waals surface area (Å²) >= 11 is 3.31. The van der Waals surface area contributed by atoms with E-state index in [1.165, 1.54) is 13.2 Å². The van der Waals surface area contributed by atoms with E-state index in [2.05, 4.69) is 25.8 Å². The molecule has 0 N–H and O–H groups in total. The summed E-state index contributed by atoms with van der Waals surface area (Å²) in [6.45, 7) is 3.39. The van der Waals surface area contributed by atoms with Crippen molar-refractivity contribution < 1.29 is 18.4 Å². The van der Waals surface area contributed by atoms with Gasteiger partial charge in [-0.05, 0) is 41.4 Å². The Labute approximate surface area is 117 Å². The Morgan fingerprint density at radius 3 is 2.74 bits per heavy atom. The molecule has 0 aliphatic rings. The second kappa shape index (κ2) is 5.13. The zero-order chi connectivity index (χ0) is 14.2. The number of hydrogen-bond donors (Lipinski definition) is 0. The van der Waals surface area contributed by atoms with Crippen molar-refractivity contribution in [2.45, 2.75) is 13.8 Å². The van der Waals surface area contributed by atoms with E-state index >= 15 is 0 Å². The van der Waals surface area contributed by atoms with Crippen LogP contribution in [0.25, 0.3) is 11.3 Å². The molecule has 0 unspecified atom stereocenters. The molecule has 0 fully saturated rings. The van der Waals surface area contributed by atoms with Gasteiger partial charge in [0, 0.05) is 4.47 Å². The molecule has 0 saturated carbocycles. The van der Waals surface area contributed by atoms with Crippen molar-refractivity contribution in [1.29, 1.82) is 0 Å². The maximum Gasteiger partial charge on any atom is 0.343 e. The van der Waals surface area contributed by atoms with Gasteiger partial charge in [0.1, 0.15) is 22.8 Å². The van der Waals surface area contributed by atoms with Crippen LogP contribution in [0.15, 0.2) is 21.1 Å². The molecular formula is C13H11BrFNO3. The number of aromatic nitrogens is 1. The van der Waals surface area contributed by atoms with Crippen LogP contribution < -0.4 is 0 Å². The van der Waals surface area contributed by atoms with E-state index in [9.17, 15) is 9.18 Å². The van der Waals surface area contributed by atoms with Crippen molar-refractivity contribution in [2.24, 2.45) is 0 Å². The molecule has 2 rings (SSSR count). The summed E-state index contributed by atoms with van der Waals surface area (Å²) in [5.41, 5.74) is 1.29. The maximum atomic E-state index is 14.0. The summed E-state index contributed by atoms with van der Waals surface area (Å²) in [4.78, 5) is 11.7. The largest absolute Gasteiger partial charge is 0.465 e. The SMILES string of the molecule is COC(=O)c1c(-c2c(F)ccc(C)c2Br)noc1C. The summed E-state index contributed by atoms with van der Waals surface area (Å²) in [5, 5.41) is 3.77. The van der Waals surface area contributed by atoms with Gasteiger partial charge in [-0.25, -0.2) is 9.18 Å². The number of nitrogens with zero attached hydrogens (tertiary/aromatic N) is 1. The lowest BCUT2D eigenvalue weighted by Gasteiger charge is -2.07. The summed E-state index contributed by atoms with van der Waals surface area (Å²) in [5.74, 6) is -0.813. The molecule has 1 aromatic carbocycles. The average molecular weight is 328 g/mol. The standard InChI is InChI=1S/C13H11BrFNO3/c1-6-4-5-8(15)10(11(6)14)12-9(13(17)18-3)7(2)19-16-12/h4-5H,1-3H3. The van der Waals surface area contributed by atoms with Crippen LogP contribution >= 0.6 is 15.9 Å². The fourth-order valence-electron chi connectivity index (χ4n) is 1.76. The first kappa shape index (κ1) is 13.7. The normalized spacial score (nSPS) is 10.6. The fraction of sp³-hybridized carbons (Fsp3) is 0.231. The van der Waals surface area contributed by atoms with Gasteiger partial charge < -0.3 is 9.26 Å². The molecule has 0 bridgehead atoms. The number of halogens is 2. The second-order valence-electron chi connectivity index (χ2n) is 4.01. The van der Waals surface area contributed by atoms with Gasteiger partial charge >= 0.3 is 5.97 Å². The molecule has 0 saturated heterocycles. The molecular weight excluding hydrogens is 317 g/mol. The first-order valence-corrected chi connectivity index (χ1v) is 6.26. The molecule has 19 heavy (non-hydrogen) atoms. The number of benzene rings is 1. The molecule has 2 aromatic rings. The van der Waals surface area contributed by atoms with E-state index < -0.39 is 11.8 Å². The van der Waals surface area contributed by atoms with Gasteiger partial charge in [-0.3, -0.25) is 0 Å². The quantitative estimate of drug-likeness (QED) is 0.790. The number of ether oxygens (including phenoxy) is 1. The zero-order valence-corrected chi connectivity index (χ0v) is 12.2. The Morgan fingerprint density at radius 2 is 2.11 bits per heavy atom. The second-order valence-corrected chi connectivity index (χ2v) is 4.80. The fourth-order valence-corrected chi connectivity index (χ4v) is 2.27. The Hall–Kier alpha value is -1.69. The van der Waals surface area contributed by atoms with Gasteiger partial charge in [0.05, 0.1) is 12.7 Å². The summed E-state index contributed by atoms with van der Waals surface area (Å²) in [7, 11) is 1.25.